The van der Waals surface area contributed by atoms with Crippen molar-refractivity contribution in [1.82, 2.24) is 19.4 Å². The van der Waals surface area contributed by atoms with Crippen molar-refractivity contribution in [3.8, 4) is 11.4 Å². The maximum absolute atomic E-state index is 14.5. The van der Waals surface area contributed by atoms with E-state index >= 15 is 0 Å². The van der Waals surface area contributed by atoms with Gasteiger partial charge in [-0.15, -0.1) is 0 Å². The molecule has 7 rings (SSSR count). The molecule has 0 fully saturated rings. The molecular weight excluding hydrogens is 497 g/mol. The zero-order valence-corrected chi connectivity index (χ0v) is 24.3. The molecule has 0 amide bonds. The molecule has 0 radical (unpaired) electrons. The molecule has 0 N–H and O–H groups in total. The third kappa shape index (κ3) is 3.44. The summed E-state index contributed by atoms with van der Waals surface area (Å²) in [7, 11) is 2.10. The zero-order chi connectivity index (χ0) is 28.3. The lowest BCUT2D eigenvalue weighted by atomic mass is 9.92. The van der Waals surface area contributed by atoms with Gasteiger partial charge in [0.25, 0.3) is 0 Å². The number of hydrogen-bond donors (Lipinski definition) is 0. The Kier molecular flexibility index (Phi) is 4.92. The molecule has 4 aromatic heterocycles. The molecule has 0 aliphatic rings. The lowest BCUT2D eigenvalue weighted by molar-refractivity contribution is -0.643. The van der Waals surface area contributed by atoms with Crippen molar-refractivity contribution < 1.29 is 8.96 Å². The van der Waals surface area contributed by atoms with Gasteiger partial charge in [0, 0.05) is 33.2 Å². The SMILES string of the molecule is Cc1ccc2c3cc(F)ccc3n3c4cc(-c5nc(C(C)(C)C)nc(C(C)(C)C)n5)cc5cc[n+](C)c(c1c23)c54. The van der Waals surface area contributed by atoms with Gasteiger partial charge in [0.2, 0.25) is 5.52 Å². The number of benzene rings is 3. The van der Waals surface area contributed by atoms with E-state index < -0.39 is 0 Å². The van der Waals surface area contributed by atoms with Crippen LogP contribution in [0.15, 0.2) is 54.7 Å². The topological polar surface area (TPSA) is 47.0 Å². The molecule has 200 valence electrons. The fourth-order valence-electron chi connectivity index (χ4n) is 5.99. The van der Waals surface area contributed by atoms with Gasteiger partial charge in [0.05, 0.1) is 27.3 Å². The number of pyridine rings is 2. The number of halogens is 1. The van der Waals surface area contributed by atoms with E-state index in [0.717, 1.165) is 49.9 Å². The average molecular weight is 531 g/mol. The molecule has 0 unspecified atom stereocenters. The molecule has 0 saturated carbocycles. The van der Waals surface area contributed by atoms with E-state index in [1.54, 1.807) is 12.1 Å². The normalized spacial score (nSPS) is 13.1. The van der Waals surface area contributed by atoms with E-state index in [1.807, 2.05) is 6.07 Å². The van der Waals surface area contributed by atoms with Crippen molar-refractivity contribution in [2.75, 3.05) is 0 Å². The molecule has 6 heteroatoms. The molecule has 0 saturated heterocycles. The van der Waals surface area contributed by atoms with Crippen LogP contribution in [0.2, 0.25) is 0 Å². The quantitative estimate of drug-likeness (QED) is 0.124. The molecule has 4 heterocycles. The number of rotatable bonds is 1. The molecule has 0 bridgehead atoms. The summed E-state index contributed by atoms with van der Waals surface area (Å²) in [5.74, 6) is 2.00. The number of aromatic nitrogens is 5. The predicted octanol–water partition coefficient (Wildman–Crippen LogP) is 7.71. The van der Waals surface area contributed by atoms with Crippen molar-refractivity contribution >= 4 is 49.0 Å². The summed E-state index contributed by atoms with van der Waals surface area (Å²) >= 11 is 0. The maximum atomic E-state index is 14.5. The van der Waals surface area contributed by atoms with Gasteiger partial charge in [-0.25, -0.2) is 23.9 Å². The largest absolute Gasteiger partial charge is 0.307 e. The van der Waals surface area contributed by atoms with E-state index in [2.05, 4.69) is 101 Å². The average Bonchev–Trinajstić information content (AvgIpc) is 3.21. The van der Waals surface area contributed by atoms with Crippen LogP contribution in [0.5, 0.6) is 0 Å². The van der Waals surface area contributed by atoms with Gasteiger partial charge in [0.1, 0.15) is 24.5 Å². The lowest BCUT2D eigenvalue weighted by Gasteiger charge is -2.23. The van der Waals surface area contributed by atoms with Gasteiger partial charge in [-0.1, -0.05) is 53.7 Å². The fourth-order valence-corrected chi connectivity index (χ4v) is 5.99. The second kappa shape index (κ2) is 7.94. The molecule has 0 aliphatic carbocycles. The van der Waals surface area contributed by atoms with Gasteiger partial charge in [-0.2, -0.15) is 0 Å². The minimum absolute atomic E-state index is 0.229. The first kappa shape index (κ1) is 24.8. The van der Waals surface area contributed by atoms with E-state index in [4.69, 9.17) is 15.0 Å². The van der Waals surface area contributed by atoms with Gasteiger partial charge in [-0.3, -0.25) is 0 Å². The summed E-state index contributed by atoms with van der Waals surface area (Å²) in [6, 6.07) is 15.9. The Bertz CT molecular complexity index is 2130. The summed E-state index contributed by atoms with van der Waals surface area (Å²) in [6.07, 6.45) is 2.12. The van der Waals surface area contributed by atoms with Gasteiger partial charge < -0.3 is 4.40 Å². The summed E-state index contributed by atoms with van der Waals surface area (Å²) in [6.45, 7) is 15.0. The Morgan fingerprint density at radius 2 is 1.45 bits per heavy atom. The minimum Gasteiger partial charge on any atom is -0.307 e. The van der Waals surface area contributed by atoms with E-state index in [0.29, 0.717) is 5.82 Å². The molecular formula is C34H33FN5+. The van der Waals surface area contributed by atoms with Crippen LogP contribution in [0, 0.1) is 12.7 Å². The fraction of sp³-hybridized carbons (Fsp3) is 0.294. The van der Waals surface area contributed by atoms with Gasteiger partial charge in [-0.05, 0) is 48.2 Å². The van der Waals surface area contributed by atoms with E-state index in [-0.39, 0.29) is 16.6 Å². The van der Waals surface area contributed by atoms with Crippen LogP contribution < -0.4 is 4.57 Å². The second-order valence-electron chi connectivity index (χ2n) is 13.2. The second-order valence-corrected chi connectivity index (χ2v) is 13.2. The molecule has 0 atom stereocenters. The number of aryl methyl sites for hydroxylation is 2. The van der Waals surface area contributed by atoms with Crippen molar-refractivity contribution in [2.24, 2.45) is 7.05 Å². The number of nitrogens with zero attached hydrogens (tertiary/aromatic N) is 5. The molecule has 3 aromatic carbocycles. The first-order valence-corrected chi connectivity index (χ1v) is 13.8. The Morgan fingerprint density at radius 1 is 0.750 bits per heavy atom. The Labute approximate surface area is 232 Å². The third-order valence-electron chi connectivity index (χ3n) is 8.03. The van der Waals surface area contributed by atoms with Crippen LogP contribution in [-0.4, -0.2) is 19.4 Å². The summed E-state index contributed by atoms with van der Waals surface area (Å²) in [4.78, 5) is 14.9. The van der Waals surface area contributed by atoms with Crippen molar-refractivity contribution in [2.45, 2.75) is 59.3 Å². The van der Waals surface area contributed by atoms with Crippen molar-refractivity contribution in [3.63, 3.8) is 0 Å². The van der Waals surface area contributed by atoms with Crippen molar-refractivity contribution in [1.29, 1.82) is 0 Å². The first-order chi connectivity index (χ1) is 18.8. The molecule has 40 heavy (non-hydrogen) atoms. The summed E-state index contributed by atoms with van der Waals surface area (Å²) < 4.78 is 19.1. The highest BCUT2D eigenvalue weighted by Crippen LogP contribution is 2.42. The minimum atomic E-state index is -0.232. The highest BCUT2D eigenvalue weighted by atomic mass is 19.1. The summed E-state index contributed by atoms with van der Waals surface area (Å²) in [5.41, 5.74) is 5.99. The van der Waals surface area contributed by atoms with Crippen LogP contribution in [0.3, 0.4) is 0 Å². The van der Waals surface area contributed by atoms with E-state index in [1.165, 1.54) is 21.9 Å². The predicted molar refractivity (Wildman–Crippen MR) is 161 cm³/mol. The van der Waals surface area contributed by atoms with Crippen LogP contribution in [0.1, 0.15) is 58.8 Å². The Hall–Kier alpha value is -4.19. The molecule has 0 aliphatic heterocycles. The number of hydrogen-bond acceptors (Lipinski definition) is 3. The van der Waals surface area contributed by atoms with E-state index in [9.17, 15) is 4.39 Å². The van der Waals surface area contributed by atoms with Crippen LogP contribution in [0.4, 0.5) is 4.39 Å². The monoisotopic (exact) mass is 530 g/mol. The van der Waals surface area contributed by atoms with Crippen molar-refractivity contribution in [3.05, 3.63) is 77.8 Å². The Morgan fingerprint density at radius 3 is 2.12 bits per heavy atom. The van der Waals surface area contributed by atoms with Crippen LogP contribution >= 0.6 is 0 Å². The highest BCUT2D eigenvalue weighted by molar-refractivity contribution is 6.26. The summed E-state index contributed by atoms with van der Waals surface area (Å²) in [5, 5.41) is 5.43. The standard InChI is InChI=1S/C34H33FN5/c1-18-9-11-22-23-17-21(35)10-12-24(23)40-25-16-20(15-19-13-14-39(8)29(27(19)25)26(18)28(22)40)30-36-31(33(2,3)4)38-32(37-30)34(5,6)7/h9-17H,1-8H3/q+1. The lowest BCUT2D eigenvalue weighted by Crippen LogP contribution is -2.29. The first-order valence-electron chi connectivity index (χ1n) is 13.8. The molecule has 7 aromatic rings. The third-order valence-corrected chi connectivity index (χ3v) is 8.03. The number of fused-ring (bicyclic) bond motifs is 5. The zero-order valence-electron chi connectivity index (χ0n) is 24.3. The van der Waals surface area contributed by atoms with Gasteiger partial charge in [0.15, 0.2) is 12.0 Å². The Balaban J connectivity index is 1.70. The molecule has 5 nitrogen and oxygen atoms in total. The maximum Gasteiger partial charge on any atom is 0.224 e. The van der Waals surface area contributed by atoms with Crippen LogP contribution in [-0.2, 0) is 17.9 Å². The molecule has 0 spiro atoms. The van der Waals surface area contributed by atoms with Gasteiger partial charge >= 0.3 is 0 Å². The highest BCUT2D eigenvalue weighted by Gasteiger charge is 2.28. The smallest absolute Gasteiger partial charge is 0.224 e. The van der Waals surface area contributed by atoms with Crippen LogP contribution in [0.25, 0.3) is 60.4 Å².